The molecule has 3 aromatic rings. The van der Waals surface area contributed by atoms with Gasteiger partial charge in [-0.2, -0.15) is 0 Å². The van der Waals surface area contributed by atoms with Crippen molar-refractivity contribution in [1.29, 1.82) is 0 Å². The van der Waals surface area contributed by atoms with Crippen molar-refractivity contribution in [3.05, 3.63) is 70.1 Å². The Labute approximate surface area is 272 Å². The number of methoxy groups -OCH3 is 1. The lowest BCUT2D eigenvalue weighted by molar-refractivity contribution is -0.137. The van der Waals surface area contributed by atoms with Gasteiger partial charge in [0, 0.05) is 100 Å². The number of carboxylic acids is 1. The predicted molar refractivity (Wildman–Crippen MR) is 187 cm³/mol. The van der Waals surface area contributed by atoms with Crippen molar-refractivity contribution < 1.29 is 24.2 Å². The molecule has 0 aliphatic carbocycles. The van der Waals surface area contributed by atoms with E-state index in [-0.39, 0.29) is 12.3 Å². The van der Waals surface area contributed by atoms with E-state index in [4.69, 9.17) is 14.6 Å². The van der Waals surface area contributed by atoms with Crippen LogP contribution < -0.4 is 39.9 Å². The zero-order valence-corrected chi connectivity index (χ0v) is 28.1. The van der Waals surface area contributed by atoms with E-state index in [1.807, 2.05) is 40.3 Å². The maximum atomic E-state index is 12.5. The molecule has 1 aliphatic rings. The zero-order chi connectivity index (χ0) is 33.4. The minimum atomic E-state index is -0.779. The topological polar surface area (TPSA) is 94.6 Å². The molecule has 0 spiro atoms. The number of amides is 1. The van der Waals surface area contributed by atoms with Gasteiger partial charge in [-0.05, 0) is 55.7 Å². The number of rotatable bonds is 16. The Morgan fingerprint density at radius 1 is 0.870 bits per heavy atom. The first-order valence-corrected chi connectivity index (χ1v) is 16.0. The lowest BCUT2D eigenvalue weighted by Crippen LogP contribution is -2.29. The summed E-state index contributed by atoms with van der Waals surface area (Å²) in [4.78, 5) is 29.6. The fraction of sp³-hybridized carbons (Fsp3) is 0.405. The Bertz CT molecular complexity index is 1670. The van der Waals surface area contributed by atoms with Crippen LogP contribution in [0.25, 0.3) is 12.2 Å². The average molecular weight is 629 g/mol. The second-order valence-electron chi connectivity index (χ2n) is 12.1. The van der Waals surface area contributed by atoms with Gasteiger partial charge in [-0.25, -0.2) is 0 Å². The highest BCUT2D eigenvalue weighted by Crippen LogP contribution is 2.44. The lowest BCUT2D eigenvalue weighted by Gasteiger charge is -2.31. The third kappa shape index (κ3) is 8.13. The first-order valence-electron chi connectivity index (χ1n) is 16.0. The summed E-state index contributed by atoms with van der Waals surface area (Å²) in [6.45, 7) is 8.30. The van der Waals surface area contributed by atoms with Crippen LogP contribution in [0.5, 0.6) is 17.2 Å². The number of carboxylic acid groups (broad SMARTS) is 1. The molecule has 0 fully saturated rings. The number of anilines is 3. The van der Waals surface area contributed by atoms with Gasteiger partial charge in [0.1, 0.15) is 17.2 Å². The van der Waals surface area contributed by atoms with Crippen LogP contribution in [0, 0.1) is 0 Å². The van der Waals surface area contributed by atoms with Gasteiger partial charge >= 0.3 is 5.97 Å². The summed E-state index contributed by atoms with van der Waals surface area (Å²) in [6, 6.07) is 16.6. The van der Waals surface area contributed by atoms with E-state index in [1.54, 1.807) is 7.11 Å². The highest BCUT2D eigenvalue weighted by molar-refractivity contribution is 5.91. The number of nitrogens with one attached hydrogen (secondary N) is 1. The number of fused-ring (bicyclic) bond motifs is 2. The van der Waals surface area contributed by atoms with Crippen molar-refractivity contribution >= 4 is 41.1 Å². The summed E-state index contributed by atoms with van der Waals surface area (Å²) in [6.07, 6.45) is 3.50. The standard InChI is InChI=1S/C37H48N4O5/c1-8-41(20-12-13-35(42)38-19-11-9-10-14-36(43)44)31-24-32(45-7)29(23-30(31)40(5)6)37-27-17-15-25(2)21-33(27)46-34-22-26(39(3)4)16-18-28(34)37/h15-18,21-24H,2,8-14,19-20H2,1,3-7H3,(H,38,42)(H,43,44). The first-order chi connectivity index (χ1) is 22.0. The number of hydrogen-bond acceptors (Lipinski definition) is 7. The summed E-state index contributed by atoms with van der Waals surface area (Å²) < 4.78 is 12.5. The van der Waals surface area contributed by atoms with E-state index in [0.717, 1.165) is 80.8 Å². The first kappa shape index (κ1) is 34.2. The summed E-state index contributed by atoms with van der Waals surface area (Å²) in [7, 11) is 9.82. The Kier molecular flexibility index (Phi) is 11.6. The van der Waals surface area contributed by atoms with Crippen LogP contribution >= 0.6 is 0 Å². The van der Waals surface area contributed by atoms with E-state index >= 15 is 0 Å². The molecule has 0 aromatic heterocycles. The SMILES string of the molecule is C=c1ccc2c(c1)Oc1cc(N(C)C)ccc1C=2c1cc(N(C)C)c(N(CC)CCCC(=O)NCCCCCC(=O)O)cc1OC. The molecule has 0 radical (unpaired) electrons. The van der Waals surface area contributed by atoms with Gasteiger partial charge < -0.3 is 34.6 Å². The van der Waals surface area contributed by atoms with E-state index in [0.29, 0.717) is 32.4 Å². The molecule has 0 bridgehead atoms. The number of carbonyl (C=O) groups is 2. The fourth-order valence-corrected chi connectivity index (χ4v) is 5.80. The summed E-state index contributed by atoms with van der Waals surface area (Å²) >= 11 is 0. The van der Waals surface area contributed by atoms with Crippen LogP contribution in [-0.2, 0) is 9.59 Å². The molecule has 1 aliphatic heterocycles. The number of benzene rings is 3. The highest BCUT2D eigenvalue weighted by Gasteiger charge is 2.26. The molecule has 46 heavy (non-hydrogen) atoms. The van der Waals surface area contributed by atoms with Crippen LogP contribution in [-0.4, -0.2) is 71.9 Å². The van der Waals surface area contributed by atoms with Crippen LogP contribution in [0.1, 0.15) is 56.6 Å². The van der Waals surface area contributed by atoms with Gasteiger partial charge in [-0.3, -0.25) is 9.59 Å². The number of carbonyl (C=O) groups excluding carboxylic acids is 1. The molecule has 2 N–H and O–H groups in total. The molecule has 0 unspecified atom stereocenters. The highest BCUT2D eigenvalue weighted by atomic mass is 16.5. The van der Waals surface area contributed by atoms with Crippen molar-refractivity contribution in [2.45, 2.75) is 45.4 Å². The molecule has 0 saturated heterocycles. The number of aliphatic carboxylic acids is 1. The van der Waals surface area contributed by atoms with Crippen LogP contribution in [0.4, 0.5) is 17.1 Å². The molecule has 9 heteroatoms. The fourth-order valence-electron chi connectivity index (χ4n) is 5.80. The van der Waals surface area contributed by atoms with Gasteiger partial charge in [-0.1, -0.05) is 25.1 Å². The number of nitrogens with zero attached hydrogens (tertiary/aromatic N) is 3. The third-order valence-electron chi connectivity index (χ3n) is 8.28. The van der Waals surface area contributed by atoms with Gasteiger partial charge in [0.15, 0.2) is 0 Å². The van der Waals surface area contributed by atoms with Crippen molar-refractivity contribution in [3.8, 4) is 17.2 Å². The maximum Gasteiger partial charge on any atom is 0.303 e. The predicted octanol–water partition coefficient (Wildman–Crippen LogP) is 4.96. The molecular formula is C37H48N4O5. The monoisotopic (exact) mass is 628 g/mol. The van der Waals surface area contributed by atoms with Crippen molar-refractivity contribution in [2.75, 3.05) is 69.6 Å². The lowest BCUT2D eigenvalue weighted by atomic mass is 9.90. The molecule has 0 saturated carbocycles. The van der Waals surface area contributed by atoms with E-state index in [9.17, 15) is 9.59 Å². The summed E-state index contributed by atoms with van der Waals surface area (Å²) in [5, 5.41) is 13.6. The van der Waals surface area contributed by atoms with E-state index in [1.165, 1.54) is 0 Å². The largest absolute Gasteiger partial charge is 0.496 e. The third-order valence-corrected chi connectivity index (χ3v) is 8.28. The molecule has 3 aromatic carbocycles. The minimum Gasteiger partial charge on any atom is -0.496 e. The Morgan fingerprint density at radius 3 is 2.33 bits per heavy atom. The Hall–Kier alpha value is -4.66. The number of unbranched alkanes of at least 4 members (excludes halogenated alkanes) is 2. The van der Waals surface area contributed by atoms with Crippen LogP contribution in [0.15, 0.2) is 48.5 Å². The zero-order valence-electron chi connectivity index (χ0n) is 28.1. The van der Waals surface area contributed by atoms with Crippen molar-refractivity contribution in [1.82, 2.24) is 5.32 Å². The van der Waals surface area contributed by atoms with E-state index < -0.39 is 5.97 Å². The quantitative estimate of drug-likeness (QED) is 0.168. The Morgan fingerprint density at radius 2 is 1.65 bits per heavy atom. The second-order valence-corrected chi connectivity index (χ2v) is 12.1. The van der Waals surface area contributed by atoms with Gasteiger partial charge in [0.25, 0.3) is 0 Å². The van der Waals surface area contributed by atoms with Gasteiger partial charge in [0.05, 0.1) is 18.5 Å². The van der Waals surface area contributed by atoms with Crippen LogP contribution in [0.2, 0.25) is 0 Å². The molecule has 4 rings (SSSR count). The van der Waals surface area contributed by atoms with Gasteiger partial charge in [0.2, 0.25) is 5.91 Å². The smallest absolute Gasteiger partial charge is 0.303 e. The van der Waals surface area contributed by atoms with Gasteiger partial charge in [-0.15, -0.1) is 0 Å². The second kappa shape index (κ2) is 15.6. The maximum absolute atomic E-state index is 12.5. The Balaban J connectivity index is 1.63. The molecule has 1 heterocycles. The average Bonchev–Trinajstić information content (AvgIpc) is 3.02. The van der Waals surface area contributed by atoms with Crippen molar-refractivity contribution in [2.24, 2.45) is 0 Å². The van der Waals surface area contributed by atoms with Crippen LogP contribution in [0.3, 0.4) is 0 Å². The van der Waals surface area contributed by atoms with E-state index in [2.05, 4.69) is 69.9 Å². The number of hydrogen-bond donors (Lipinski definition) is 2. The molecule has 1 amide bonds. The normalized spacial score (nSPS) is 11.7. The molecular weight excluding hydrogens is 580 g/mol. The molecule has 0 atom stereocenters. The van der Waals surface area contributed by atoms with Crippen molar-refractivity contribution in [3.63, 3.8) is 0 Å². The molecule has 9 nitrogen and oxygen atoms in total. The minimum absolute atomic E-state index is 0.0196. The molecule has 246 valence electrons. The number of ether oxygens (including phenoxy) is 2. The summed E-state index contributed by atoms with van der Waals surface area (Å²) in [5.74, 6) is 1.54. The summed E-state index contributed by atoms with van der Waals surface area (Å²) in [5.41, 5.74) is 6.13.